The molecule has 0 radical (unpaired) electrons. The van der Waals surface area contributed by atoms with Crippen molar-refractivity contribution < 1.29 is 27.9 Å². The van der Waals surface area contributed by atoms with E-state index in [0.29, 0.717) is 40.4 Å². The SMILES string of the molecule is CCC(CN(c1ccccc1C#N)S(=O)(=O)C1CC1)N1C(=O)[C@@H](CC(=O)O)O[C@H](c2cccc(Cl)c2)[C@H]1c1ccc(Cl)cc1. The van der Waals surface area contributed by atoms with Crippen LogP contribution in [0.15, 0.2) is 72.8 Å². The Hall–Kier alpha value is -3.62. The maximum Gasteiger partial charge on any atom is 0.306 e. The maximum atomic E-state index is 14.3. The Balaban J connectivity index is 1.67. The number of hydrogen-bond donors (Lipinski definition) is 1. The number of ether oxygens (including phenoxy) is 1. The Labute approximate surface area is 266 Å². The quantitative estimate of drug-likeness (QED) is 0.263. The van der Waals surface area contributed by atoms with E-state index in [2.05, 4.69) is 6.07 Å². The molecule has 0 aromatic heterocycles. The minimum Gasteiger partial charge on any atom is -0.481 e. The summed E-state index contributed by atoms with van der Waals surface area (Å²) in [5.74, 6) is -1.79. The third-order valence-electron chi connectivity index (χ3n) is 7.96. The van der Waals surface area contributed by atoms with E-state index >= 15 is 0 Å². The lowest BCUT2D eigenvalue weighted by Crippen LogP contribution is -2.58. The van der Waals surface area contributed by atoms with E-state index in [4.69, 9.17) is 27.9 Å². The monoisotopic (exact) mass is 655 g/mol. The van der Waals surface area contributed by atoms with Gasteiger partial charge < -0.3 is 14.7 Å². The lowest BCUT2D eigenvalue weighted by atomic mass is 9.89. The molecule has 1 heterocycles. The highest BCUT2D eigenvalue weighted by Gasteiger charge is 2.49. The summed E-state index contributed by atoms with van der Waals surface area (Å²) >= 11 is 12.6. The van der Waals surface area contributed by atoms with E-state index in [1.807, 2.05) is 6.92 Å². The lowest BCUT2D eigenvalue weighted by Gasteiger charge is -2.48. The smallest absolute Gasteiger partial charge is 0.306 e. The van der Waals surface area contributed by atoms with Crippen LogP contribution < -0.4 is 4.31 Å². The van der Waals surface area contributed by atoms with Gasteiger partial charge in [0.15, 0.2) is 0 Å². The van der Waals surface area contributed by atoms with Crippen molar-refractivity contribution in [3.63, 3.8) is 0 Å². The first kappa shape index (κ1) is 31.8. The van der Waals surface area contributed by atoms with Crippen LogP contribution in [-0.4, -0.2) is 54.2 Å². The Morgan fingerprint density at radius 2 is 1.77 bits per heavy atom. The van der Waals surface area contributed by atoms with E-state index in [9.17, 15) is 28.4 Å². The van der Waals surface area contributed by atoms with Crippen LogP contribution >= 0.6 is 23.2 Å². The predicted molar refractivity (Wildman–Crippen MR) is 167 cm³/mol. The topological polar surface area (TPSA) is 128 Å². The fraction of sp³-hybridized carbons (Fsp3) is 0.344. The first-order valence-corrected chi connectivity index (χ1v) is 16.5. The van der Waals surface area contributed by atoms with E-state index in [1.54, 1.807) is 77.7 Å². The summed E-state index contributed by atoms with van der Waals surface area (Å²) in [6, 6.07) is 20.9. The van der Waals surface area contributed by atoms with Gasteiger partial charge in [0.1, 0.15) is 18.3 Å². The summed E-state index contributed by atoms with van der Waals surface area (Å²) in [6.45, 7) is 1.69. The molecule has 1 unspecified atom stereocenters. The number of halogens is 2. The molecule has 0 bridgehead atoms. The van der Waals surface area contributed by atoms with Gasteiger partial charge in [-0.3, -0.25) is 13.9 Å². The average molecular weight is 657 g/mol. The molecule has 1 saturated carbocycles. The molecule has 230 valence electrons. The second kappa shape index (κ2) is 13.2. The van der Waals surface area contributed by atoms with Crippen molar-refractivity contribution in [3.05, 3.63) is 99.5 Å². The van der Waals surface area contributed by atoms with E-state index in [0.717, 1.165) is 0 Å². The molecule has 3 aromatic rings. The standard InChI is InChI=1S/C32H31Cl2N3O6S/c1-2-25(19-36(44(41,42)26-14-15-26)27-9-4-3-6-22(27)18-35)37-30(20-10-12-23(33)13-11-20)31(21-7-5-8-24(34)16-21)43-28(32(37)40)17-29(38)39/h3-13,16,25-26,28,30-31H,2,14-15,17,19H2,1H3,(H,38,39)/t25?,28-,30-,31-/m1/s1. The van der Waals surface area contributed by atoms with Crippen molar-refractivity contribution in [2.24, 2.45) is 0 Å². The number of para-hydroxylation sites is 1. The molecule has 1 aliphatic heterocycles. The zero-order valence-electron chi connectivity index (χ0n) is 23.8. The number of carboxylic acid groups (broad SMARTS) is 1. The van der Waals surface area contributed by atoms with Gasteiger partial charge in [-0.1, -0.05) is 66.5 Å². The van der Waals surface area contributed by atoms with Crippen molar-refractivity contribution in [1.82, 2.24) is 4.90 Å². The van der Waals surface area contributed by atoms with E-state index in [-0.39, 0.29) is 17.8 Å². The van der Waals surface area contributed by atoms with Gasteiger partial charge in [0, 0.05) is 10.0 Å². The molecule has 2 fully saturated rings. The molecule has 2 aliphatic rings. The van der Waals surface area contributed by atoms with Gasteiger partial charge in [0.25, 0.3) is 5.91 Å². The first-order chi connectivity index (χ1) is 21.0. The van der Waals surface area contributed by atoms with Crippen LogP contribution in [0.25, 0.3) is 0 Å². The molecule has 4 atom stereocenters. The molecule has 3 aromatic carbocycles. The van der Waals surface area contributed by atoms with Gasteiger partial charge in [-0.05, 0) is 66.8 Å². The minimum atomic E-state index is -3.88. The lowest BCUT2D eigenvalue weighted by molar-refractivity contribution is -0.183. The highest BCUT2D eigenvalue weighted by Crippen LogP contribution is 2.45. The van der Waals surface area contributed by atoms with Crippen LogP contribution in [0.2, 0.25) is 10.0 Å². The number of aliphatic carboxylic acids is 1. The summed E-state index contributed by atoms with van der Waals surface area (Å²) in [7, 11) is -3.88. The summed E-state index contributed by atoms with van der Waals surface area (Å²) in [6.07, 6.45) is -1.43. The predicted octanol–water partition coefficient (Wildman–Crippen LogP) is 6.13. The fourth-order valence-electron chi connectivity index (χ4n) is 5.68. The van der Waals surface area contributed by atoms with Crippen molar-refractivity contribution in [2.75, 3.05) is 10.8 Å². The molecular formula is C32H31Cl2N3O6S. The number of rotatable bonds is 11. The van der Waals surface area contributed by atoms with Crippen LogP contribution in [0.3, 0.4) is 0 Å². The number of sulfonamides is 1. The highest BCUT2D eigenvalue weighted by atomic mass is 35.5. The fourth-order valence-corrected chi connectivity index (χ4v) is 7.91. The van der Waals surface area contributed by atoms with Gasteiger partial charge in [-0.15, -0.1) is 0 Å². The van der Waals surface area contributed by atoms with Crippen LogP contribution in [0, 0.1) is 11.3 Å². The van der Waals surface area contributed by atoms with E-state index < -0.39 is 57.9 Å². The maximum absolute atomic E-state index is 14.3. The number of nitriles is 1. The van der Waals surface area contributed by atoms with Crippen molar-refractivity contribution >= 4 is 50.8 Å². The number of hydrogen-bond acceptors (Lipinski definition) is 6. The third-order valence-corrected chi connectivity index (χ3v) is 10.7. The molecule has 1 saturated heterocycles. The summed E-state index contributed by atoms with van der Waals surface area (Å²) < 4.78 is 35.3. The largest absolute Gasteiger partial charge is 0.481 e. The number of anilines is 1. The van der Waals surface area contributed by atoms with Crippen LogP contribution in [0.5, 0.6) is 0 Å². The molecule has 5 rings (SSSR count). The Morgan fingerprint density at radius 1 is 1.07 bits per heavy atom. The van der Waals surface area contributed by atoms with Crippen LogP contribution in [-0.2, 0) is 24.3 Å². The first-order valence-electron chi connectivity index (χ1n) is 14.3. The molecule has 44 heavy (non-hydrogen) atoms. The number of carbonyl (C=O) groups is 2. The van der Waals surface area contributed by atoms with Gasteiger partial charge in [0.2, 0.25) is 10.0 Å². The van der Waals surface area contributed by atoms with Crippen LogP contribution in [0.1, 0.15) is 61.4 Å². The molecule has 12 heteroatoms. The highest BCUT2D eigenvalue weighted by molar-refractivity contribution is 7.93. The zero-order valence-corrected chi connectivity index (χ0v) is 26.2. The Morgan fingerprint density at radius 3 is 2.39 bits per heavy atom. The minimum absolute atomic E-state index is 0.147. The number of carbonyl (C=O) groups excluding carboxylic acids is 1. The third kappa shape index (κ3) is 6.57. The number of carboxylic acids is 1. The van der Waals surface area contributed by atoms with Gasteiger partial charge in [-0.2, -0.15) is 5.26 Å². The number of nitrogens with zero attached hydrogens (tertiary/aromatic N) is 3. The summed E-state index contributed by atoms with van der Waals surface area (Å²) in [5.41, 5.74) is 1.71. The van der Waals surface area contributed by atoms with Crippen molar-refractivity contribution in [2.45, 2.75) is 62.1 Å². The number of benzene rings is 3. The zero-order chi connectivity index (χ0) is 31.6. The Kier molecular flexibility index (Phi) is 9.51. The number of morpholine rings is 1. The molecule has 0 spiro atoms. The van der Waals surface area contributed by atoms with Crippen molar-refractivity contribution in [3.8, 4) is 6.07 Å². The average Bonchev–Trinajstić information content (AvgIpc) is 3.86. The van der Waals surface area contributed by atoms with Gasteiger partial charge in [-0.25, -0.2) is 8.42 Å². The molecule has 1 aliphatic carbocycles. The van der Waals surface area contributed by atoms with Crippen molar-refractivity contribution in [1.29, 1.82) is 5.26 Å². The molecule has 1 amide bonds. The Bertz CT molecular complexity index is 1690. The second-order valence-corrected chi connectivity index (χ2v) is 13.9. The molecule has 1 N–H and O–H groups in total. The van der Waals surface area contributed by atoms with Gasteiger partial charge >= 0.3 is 5.97 Å². The molecular weight excluding hydrogens is 625 g/mol. The van der Waals surface area contributed by atoms with Crippen LogP contribution in [0.4, 0.5) is 5.69 Å². The number of amides is 1. The second-order valence-electron chi connectivity index (χ2n) is 10.9. The molecule has 9 nitrogen and oxygen atoms in total. The normalized spacial score (nSPS) is 21.0. The summed E-state index contributed by atoms with van der Waals surface area (Å²) in [4.78, 5) is 27.7. The van der Waals surface area contributed by atoms with Gasteiger partial charge in [0.05, 0.1) is 41.6 Å². The van der Waals surface area contributed by atoms with E-state index in [1.165, 1.54) is 4.31 Å². The summed E-state index contributed by atoms with van der Waals surface area (Å²) in [5, 5.41) is 19.9.